The number of halogens is 1. The van der Waals surface area contributed by atoms with Crippen molar-refractivity contribution in [1.29, 1.82) is 0 Å². The van der Waals surface area contributed by atoms with Crippen LogP contribution in [0.3, 0.4) is 0 Å². The average molecular weight is 626 g/mol. The lowest BCUT2D eigenvalue weighted by molar-refractivity contribution is 0.489. The first-order valence-electron chi connectivity index (χ1n) is 14.9. The van der Waals surface area contributed by atoms with Crippen LogP contribution < -0.4 is 10.0 Å². The van der Waals surface area contributed by atoms with Crippen molar-refractivity contribution in [3.05, 3.63) is 78.1 Å². The minimum Gasteiger partial charge on any atom is -0.335 e. The number of aromatic nitrogens is 7. The smallest absolute Gasteiger partial charge is 0.209 e. The van der Waals surface area contributed by atoms with Crippen molar-refractivity contribution in [2.45, 2.75) is 38.8 Å². The molecule has 4 N–H and O–H groups in total. The van der Waals surface area contributed by atoms with Crippen LogP contribution in [0.1, 0.15) is 36.8 Å². The molecule has 7 rings (SSSR count). The number of hydrogen-bond acceptors (Lipinski definition) is 8. The molecule has 6 aromatic rings. The molecule has 0 atom stereocenters. The second-order valence-electron chi connectivity index (χ2n) is 11.6. The van der Waals surface area contributed by atoms with Crippen LogP contribution >= 0.6 is 0 Å². The van der Waals surface area contributed by atoms with Gasteiger partial charge in [-0.2, -0.15) is 5.10 Å². The first kappa shape index (κ1) is 29.1. The quantitative estimate of drug-likeness (QED) is 0.164. The lowest BCUT2D eigenvalue weighted by atomic mass is 10.0. The van der Waals surface area contributed by atoms with Crippen molar-refractivity contribution >= 4 is 32.1 Å². The molecule has 1 fully saturated rings. The summed E-state index contributed by atoms with van der Waals surface area (Å²) in [4.78, 5) is 21.9. The molecule has 13 heteroatoms. The van der Waals surface area contributed by atoms with Gasteiger partial charge in [-0.3, -0.25) is 15.1 Å². The maximum absolute atomic E-state index is 14.6. The van der Waals surface area contributed by atoms with Gasteiger partial charge in [0.1, 0.15) is 11.3 Å². The van der Waals surface area contributed by atoms with E-state index in [0.29, 0.717) is 44.8 Å². The van der Waals surface area contributed by atoms with Gasteiger partial charge in [-0.05, 0) is 78.4 Å². The Hall–Kier alpha value is -4.59. The van der Waals surface area contributed by atoms with Gasteiger partial charge in [0.05, 0.1) is 34.7 Å². The third-order valence-corrected chi connectivity index (χ3v) is 8.83. The van der Waals surface area contributed by atoms with Gasteiger partial charge in [0.2, 0.25) is 10.0 Å². The standard InChI is InChI=1S/C32H32FN9O2S/c1-45(43,44)37-15-20-8-22(11-24(33)10-20)25-17-36-18-28-29(25)40-32(39-28)31-30-27(41-42-31)7-6-26(38-30)23-9-21(14-35-16-23)13-34-12-19-4-2-3-5-19/h6-11,14,16-19,34,37H,2-5,12-13,15H2,1H3,(H,39,40)(H,41,42). The highest BCUT2D eigenvalue weighted by Gasteiger charge is 2.18. The highest BCUT2D eigenvalue weighted by molar-refractivity contribution is 7.88. The third-order valence-electron chi connectivity index (χ3n) is 8.16. The molecule has 1 aromatic carbocycles. The van der Waals surface area contributed by atoms with E-state index >= 15 is 0 Å². The molecule has 0 amide bonds. The molecule has 1 aliphatic rings. The topological polar surface area (TPSA) is 154 Å². The SMILES string of the molecule is CS(=O)(=O)NCc1cc(F)cc(-c2cncc3[nH]c(-c4n[nH]c5ccc(-c6cncc(CNCC7CCCC7)c6)nc45)nc23)c1. The molecule has 0 unspecified atom stereocenters. The molecule has 0 saturated heterocycles. The maximum Gasteiger partial charge on any atom is 0.209 e. The third kappa shape index (κ3) is 6.46. The molecule has 1 aliphatic carbocycles. The Balaban J connectivity index is 1.19. The Morgan fingerprint density at radius 3 is 2.56 bits per heavy atom. The van der Waals surface area contributed by atoms with Gasteiger partial charge in [0.25, 0.3) is 0 Å². The average Bonchev–Trinajstić information content (AvgIpc) is 3.79. The van der Waals surface area contributed by atoms with E-state index in [0.717, 1.165) is 47.6 Å². The van der Waals surface area contributed by atoms with Gasteiger partial charge >= 0.3 is 0 Å². The summed E-state index contributed by atoms with van der Waals surface area (Å²) < 4.78 is 40.2. The van der Waals surface area contributed by atoms with Gasteiger partial charge in [-0.25, -0.2) is 27.5 Å². The Bertz CT molecular complexity index is 2120. The van der Waals surface area contributed by atoms with Crippen molar-refractivity contribution in [3.8, 4) is 33.9 Å². The first-order valence-corrected chi connectivity index (χ1v) is 16.8. The van der Waals surface area contributed by atoms with Crippen molar-refractivity contribution in [1.82, 2.24) is 45.2 Å². The number of fused-ring (bicyclic) bond motifs is 2. The monoisotopic (exact) mass is 625 g/mol. The summed E-state index contributed by atoms with van der Waals surface area (Å²) in [7, 11) is -3.44. The van der Waals surface area contributed by atoms with Crippen LogP contribution in [0.25, 0.3) is 56.0 Å². The summed E-state index contributed by atoms with van der Waals surface area (Å²) in [6.07, 6.45) is 13.3. The van der Waals surface area contributed by atoms with E-state index in [4.69, 9.17) is 9.97 Å². The number of pyridine rings is 3. The van der Waals surface area contributed by atoms with Crippen molar-refractivity contribution in [2.24, 2.45) is 5.92 Å². The second-order valence-corrected chi connectivity index (χ2v) is 13.5. The van der Waals surface area contributed by atoms with Gasteiger partial charge in [-0.1, -0.05) is 12.8 Å². The number of rotatable bonds is 10. The van der Waals surface area contributed by atoms with Crippen LogP contribution in [0, 0.1) is 11.7 Å². The van der Waals surface area contributed by atoms with Crippen LogP contribution in [-0.4, -0.2) is 56.3 Å². The van der Waals surface area contributed by atoms with Gasteiger partial charge in [0.15, 0.2) is 11.5 Å². The summed E-state index contributed by atoms with van der Waals surface area (Å²) in [5, 5.41) is 11.1. The van der Waals surface area contributed by atoms with E-state index in [1.807, 2.05) is 24.5 Å². The van der Waals surface area contributed by atoms with Gasteiger partial charge in [0, 0.05) is 42.8 Å². The van der Waals surface area contributed by atoms with Crippen LogP contribution in [0.15, 0.2) is 61.2 Å². The zero-order valence-corrected chi connectivity index (χ0v) is 25.5. The number of H-pyrrole nitrogens is 2. The van der Waals surface area contributed by atoms with Crippen molar-refractivity contribution in [3.63, 3.8) is 0 Å². The predicted molar refractivity (Wildman–Crippen MR) is 171 cm³/mol. The van der Waals surface area contributed by atoms with E-state index in [1.165, 1.54) is 37.8 Å². The van der Waals surface area contributed by atoms with Crippen LogP contribution in [0.4, 0.5) is 4.39 Å². The maximum atomic E-state index is 14.6. The predicted octanol–water partition coefficient (Wildman–Crippen LogP) is 5.09. The first-order chi connectivity index (χ1) is 21.8. The molecule has 0 bridgehead atoms. The van der Waals surface area contributed by atoms with Crippen LogP contribution in [0.2, 0.25) is 0 Å². The molecule has 0 spiro atoms. The highest BCUT2D eigenvalue weighted by atomic mass is 32.2. The molecule has 5 heterocycles. The molecule has 5 aromatic heterocycles. The zero-order chi connectivity index (χ0) is 31.0. The summed E-state index contributed by atoms with van der Waals surface area (Å²) in [5.74, 6) is 0.752. The van der Waals surface area contributed by atoms with E-state index in [1.54, 1.807) is 18.5 Å². The molecule has 1 saturated carbocycles. The lowest BCUT2D eigenvalue weighted by Gasteiger charge is -2.11. The number of aromatic amines is 2. The molecular formula is C32H32FN9O2S. The molecular weight excluding hydrogens is 593 g/mol. The highest BCUT2D eigenvalue weighted by Crippen LogP contribution is 2.32. The van der Waals surface area contributed by atoms with E-state index in [2.05, 4.69) is 41.3 Å². The van der Waals surface area contributed by atoms with Crippen molar-refractivity contribution in [2.75, 3.05) is 12.8 Å². The summed E-state index contributed by atoms with van der Waals surface area (Å²) in [6, 6.07) is 10.4. The zero-order valence-electron chi connectivity index (χ0n) is 24.6. The number of nitrogens with one attached hydrogen (secondary N) is 4. The number of benzene rings is 1. The Morgan fingerprint density at radius 2 is 1.71 bits per heavy atom. The molecule has 0 aliphatic heterocycles. The van der Waals surface area contributed by atoms with Crippen LogP contribution in [-0.2, 0) is 23.1 Å². The van der Waals surface area contributed by atoms with Crippen LogP contribution in [0.5, 0.6) is 0 Å². The van der Waals surface area contributed by atoms with E-state index < -0.39 is 15.8 Å². The van der Waals surface area contributed by atoms with E-state index in [-0.39, 0.29) is 6.54 Å². The number of hydrogen-bond donors (Lipinski definition) is 4. The molecule has 0 radical (unpaired) electrons. The summed E-state index contributed by atoms with van der Waals surface area (Å²) >= 11 is 0. The minimum absolute atomic E-state index is 0.0402. The normalized spacial score (nSPS) is 14.2. The number of sulfonamides is 1. The Labute approximate surface area is 259 Å². The molecule has 11 nitrogen and oxygen atoms in total. The number of imidazole rings is 1. The largest absolute Gasteiger partial charge is 0.335 e. The molecule has 230 valence electrons. The van der Waals surface area contributed by atoms with Gasteiger partial charge in [-0.15, -0.1) is 0 Å². The fraction of sp³-hybridized carbons (Fsp3) is 0.281. The lowest BCUT2D eigenvalue weighted by Crippen LogP contribution is -2.21. The van der Waals surface area contributed by atoms with E-state index in [9.17, 15) is 12.8 Å². The number of nitrogens with zero attached hydrogens (tertiary/aromatic N) is 5. The fourth-order valence-electron chi connectivity index (χ4n) is 5.96. The second kappa shape index (κ2) is 12.1. The molecule has 45 heavy (non-hydrogen) atoms. The summed E-state index contributed by atoms with van der Waals surface area (Å²) in [5.41, 5.74) is 7.51. The van der Waals surface area contributed by atoms with Gasteiger partial charge < -0.3 is 10.3 Å². The minimum atomic E-state index is -3.44. The summed E-state index contributed by atoms with van der Waals surface area (Å²) in [6.45, 7) is 1.75. The fourth-order valence-corrected chi connectivity index (χ4v) is 6.39. The Kier molecular flexibility index (Phi) is 7.81. The Morgan fingerprint density at radius 1 is 0.889 bits per heavy atom. The van der Waals surface area contributed by atoms with Crippen molar-refractivity contribution < 1.29 is 12.8 Å².